The van der Waals surface area contributed by atoms with Crippen molar-refractivity contribution in [3.8, 4) is 0 Å². The Bertz CT molecular complexity index is 1210. The molecule has 4 atom stereocenters. The number of ether oxygens (including phenoxy) is 1. The van der Waals surface area contributed by atoms with E-state index < -0.39 is 25.4 Å². The molecule has 3 aliphatic heterocycles. The average Bonchev–Trinajstić information content (AvgIpc) is 3.32. The molecule has 1 aromatic rings. The maximum absolute atomic E-state index is 12.5. The fourth-order valence-electron chi connectivity index (χ4n) is 8.28. The molecular formula is C34H54N2O4Si. The molecule has 2 bridgehead atoms. The maximum Gasteiger partial charge on any atom is 0.350 e. The molecule has 6 nitrogen and oxygen atoms in total. The van der Waals surface area contributed by atoms with E-state index in [1.807, 2.05) is 25.3 Å². The largest absolute Gasteiger partial charge is 0.385 e. The number of allylic oxidation sites excluding steroid dienone is 2. The van der Waals surface area contributed by atoms with Gasteiger partial charge in [0.25, 0.3) is 0 Å². The molecule has 0 saturated carbocycles. The molecule has 0 radical (unpaired) electrons. The van der Waals surface area contributed by atoms with Crippen LogP contribution < -0.4 is 0 Å². The minimum absolute atomic E-state index is 0.104. The van der Waals surface area contributed by atoms with Crippen molar-refractivity contribution in [1.29, 1.82) is 0 Å². The van der Waals surface area contributed by atoms with E-state index in [2.05, 4.69) is 93.5 Å². The molecule has 1 aromatic carbocycles. The van der Waals surface area contributed by atoms with Crippen LogP contribution >= 0.6 is 0 Å². The number of rotatable bonds is 4. The molecule has 3 saturated heterocycles. The van der Waals surface area contributed by atoms with Gasteiger partial charge in [0.05, 0.1) is 28.8 Å². The highest BCUT2D eigenvalue weighted by Crippen LogP contribution is 2.65. The SMILES string of the molecule is CN(C)/C=N\c1ccc(C2(O)CC3(C)OC(C)(C2)C2O[Si](C(C)(C)C)(C(C)(C)C)OC23)cc1C1=CCC(C)(C)CC1. The zero-order chi connectivity index (χ0) is 30.4. The normalized spacial score (nSPS) is 36.4. The lowest BCUT2D eigenvalue weighted by molar-refractivity contribution is -0.220. The molecule has 228 valence electrons. The summed E-state index contributed by atoms with van der Waals surface area (Å²) >= 11 is 0. The van der Waals surface area contributed by atoms with E-state index in [1.165, 1.54) is 5.57 Å². The van der Waals surface area contributed by atoms with Crippen LogP contribution in [0.25, 0.3) is 5.57 Å². The number of hydrogen-bond acceptors (Lipinski definition) is 5. The highest BCUT2D eigenvalue weighted by molar-refractivity contribution is 6.74. The number of nitrogens with zero attached hydrogens (tertiary/aromatic N) is 2. The fourth-order valence-corrected chi connectivity index (χ4v) is 13.5. The van der Waals surface area contributed by atoms with Gasteiger partial charge in [-0.1, -0.05) is 67.5 Å². The highest BCUT2D eigenvalue weighted by Gasteiger charge is 2.76. The number of aliphatic hydroxyl groups is 1. The summed E-state index contributed by atoms with van der Waals surface area (Å²) in [7, 11) is 1.30. The van der Waals surface area contributed by atoms with Crippen molar-refractivity contribution in [2.75, 3.05) is 14.1 Å². The molecular weight excluding hydrogens is 528 g/mol. The molecule has 3 fully saturated rings. The second kappa shape index (κ2) is 9.49. The Hall–Kier alpha value is -1.51. The summed E-state index contributed by atoms with van der Waals surface area (Å²) in [6.07, 6.45) is 7.94. The van der Waals surface area contributed by atoms with Crippen molar-refractivity contribution in [2.24, 2.45) is 10.4 Å². The Morgan fingerprint density at radius 2 is 1.51 bits per heavy atom. The number of benzene rings is 1. The predicted molar refractivity (Wildman–Crippen MR) is 170 cm³/mol. The van der Waals surface area contributed by atoms with E-state index >= 15 is 0 Å². The second-order valence-electron chi connectivity index (χ2n) is 16.8. The first-order valence-electron chi connectivity index (χ1n) is 15.5. The summed E-state index contributed by atoms with van der Waals surface area (Å²) in [5, 5.41) is 12.3. The standard InChI is InChI=1S/C34H54N2O4Si/c1-29(2,3)41(30(4,5)6)38-27-28(39-41)33(10)21-34(37,20-32(27,9)40-33)24-13-14-26(35-22-36(11)12)25(19-24)23-15-17-31(7,8)18-16-23/h13-15,19,22,27-28,37H,16-18,20-21H2,1-12H3/b35-22-. The highest BCUT2D eigenvalue weighted by atomic mass is 28.4. The van der Waals surface area contributed by atoms with Gasteiger partial charge >= 0.3 is 8.56 Å². The van der Waals surface area contributed by atoms with Gasteiger partial charge in [0.2, 0.25) is 0 Å². The zero-order valence-electron chi connectivity index (χ0n) is 27.6. The monoisotopic (exact) mass is 582 g/mol. The first-order valence-corrected chi connectivity index (χ1v) is 17.3. The predicted octanol–water partition coefficient (Wildman–Crippen LogP) is 7.86. The maximum atomic E-state index is 12.5. The van der Waals surface area contributed by atoms with Gasteiger partial charge in [-0.3, -0.25) is 0 Å². The van der Waals surface area contributed by atoms with Gasteiger partial charge in [0.1, 0.15) is 12.2 Å². The number of hydrogen-bond donors (Lipinski definition) is 1. The molecule has 5 rings (SSSR count). The van der Waals surface area contributed by atoms with Crippen molar-refractivity contribution in [2.45, 2.75) is 140 Å². The van der Waals surface area contributed by atoms with E-state index in [0.29, 0.717) is 18.3 Å². The van der Waals surface area contributed by atoms with Crippen molar-refractivity contribution < 1.29 is 18.7 Å². The first kappa shape index (κ1) is 30.9. The smallest absolute Gasteiger partial charge is 0.350 e. The lowest BCUT2D eigenvalue weighted by Crippen LogP contribution is -2.59. The number of fused-ring (bicyclic) bond motifs is 5. The molecule has 1 N–H and O–H groups in total. The van der Waals surface area contributed by atoms with Crippen LogP contribution in [-0.2, 0) is 19.2 Å². The fraction of sp³-hybridized carbons (Fsp3) is 0.735. The molecule has 7 heteroatoms. The Labute approximate surface area is 249 Å². The van der Waals surface area contributed by atoms with Crippen molar-refractivity contribution in [3.63, 3.8) is 0 Å². The van der Waals surface area contributed by atoms with E-state index in [9.17, 15) is 5.11 Å². The third-order valence-electron chi connectivity index (χ3n) is 10.1. The summed E-state index contributed by atoms with van der Waals surface area (Å²) in [4.78, 5) is 6.78. The topological polar surface area (TPSA) is 63.5 Å². The quantitative estimate of drug-likeness (QED) is 0.222. The summed E-state index contributed by atoms with van der Waals surface area (Å²) in [5.74, 6) is 0. The molecule has 0 amide bonds. The Kier molecular flexibility index (Phi) is 7.16. The van der Waals surface area contributed by atoms with Crippen LogP contribution in [0.3, 0.4) is 0 Å². The van der Waals surface area contributed by atoms with Gasteiger partial charge < -0.3 is 23.6 Å². The summed E-state index contributed by atoms with van der Waals surface area (Å²) in [6, 6.07) is 6.35. The molecule has 3 heterocycles. The minimum atomic E-state index is -2.68. The summed E-state index contributed by atoms with van der Waals surface area (Å²) in [6.45, 7) is 22.5. The molecule has 4 aliphatic rings. The van der Waals surface area contributed by atoms with Crippen LogP contribution in [0.1, 0.15) is 112 Å². The van der Waals surface area contributed by atoms with E-state index in [0.717, 1.165) is 36.1 Å². The first-order chi connectivity index (χ1) is 18.6. The van der Waals surface area contributed by atoms with E-state index in [4.69, 9.17) is 18.6 Å². The van der Waals surface area contributed by atoms with Crippen molar-refractivity contribution in [3.05, 3.63) is 35.4 Å². The number of aliphatic imine (C=N–C) groups is 1. The van der Waals surface area contributed by atoms with Crippen molar-refractivity contribution >= 4 is 26.2 Å². The van der Waals surface area contributed by atoms with Crippen LogP contribution in [0.4, 0.5) is 5.69 Å². The average molecular weight is 583 g/mol. The van der Waals surface area contributed by atoms with Gasteiger partial charge in [-0.15, -0.1) is 0 Å². The van der Waals surface area contributed by atoms with E-state index in [1.54, 1.807) is 0 Å². The lowest BCUT2D eigenvalue weighted by atomic mass is 9.74. The Morgan fingerprint density at radius 1 is 0.951 bits per heavy atom. The minimum Gasteiger partial charge on any atom is -0.385 e. The second-order valence-corrected chi connectivity index (χ2v) is 21.5. The van der Waals surface area contributed by atoms with Gasteiger partial charge in [0.15, 0.2) is 0 Å². The van der Waals surface area contributed by atoms with Crippen LogP contribution in [0.15, 0.2) is 29.3 Å². The van der Waals surface area contributed by atoms with Crippen LogP contribution in [0.2, 0.25) is 10.1 Å². The van der Waals surface area contributed by atoms with Crippen LogP contribution in [-0.4, -0.2) is 62.4 Å². The zero-order valence-corrected chi connectivity index (χ0v) is 28.6. The Balaban J connectivity index is 1.54. The third-order valence-corrected chi connectivity index (χ3v) is 15.2. The summed E-state index contributed by atoms with van der Waals surface area (Å²) in [5.41, 5.74) is 2.24. The van der Waals surface area contributed by atoms with Crippen molar-refractivity contribution in [1.82, 2.24) is 4.90 Å². The van der Waals surface area contributed by atoms with E-state index in [-0.39, 0.29) is 22.3 Å². The van der Waals surface area contributed by atoms with Gasteiger partial charge in [-0.25, -0.2) is 4.99 Å². The van der Waals surface area contributed by atoms with Crippen LogP contribution in [0, 0.1) is 5.41 Å². The Morgan fingerprint density at radius 3 is 1.98 bits per heavy atom. The molecule has 1 aliphatic carbocycles. The van der Waals surface area contributed by atoms with Gasteiger partial charge in [-0.2, -0.15) is 0 Å². The molecule has 41 heavy (non-hydrogen) atoms. The van der Waals surface area contributed by atoms with Gasteiger partial charge in [-0.05, 0) is 61.8 Å². The molecule has 4 unspecified atom stereocenters. The van der Waals surface area contributed by atoms with Gasteiger partial charge in [0, 0.05) is 42.6 Å². The summed E-state index contributed by atoms with van der Waals surface area (Å²) < 4.78 is 21.2. The van der Waals surface area contributed by atoms with Crippen LogP contribution in [0.5, 0.6) is 0 Å². The molecule has 0 aromatic heterocycles. The third kappa shape index (κ3) is 5.07. The lowest BCUT2D eigenvalue weighted by Gasteiger charge is -2.51. The molecule has 0 spiro atoms.